The van der Waals surface area contributed by atoms with Crippen LogP contribution in [0.15, 0.2) is 27.5 Å². The fourth-order valence-corrected chi connectivity index (χ4v) is 2.79. The number of carbonyl (C=O) groups is 1. The Morgan fingerprint density at radius 1 is 1.58 bits per heavy atom. The van der Waals surface area contributed by atoms with Gasteiger partial charge in [-0.25, -0.2) is 0 Å². The number of aromatic amines is 1. The molecule has 1 amide bonds. The van der Waals surface area contributed by atoms with Crippen molar-refractivity contribution < 1.29 is 9.72 Å². The number of rotatable bonds is 4. The van der Waals surface area contributed by atoms with E-state index < -0.39 is 4.92 Å². The van der Waals surface area contributed by atoms with E-state index in [0.717, 1.165) is 9.35 Å². The molecule has 0 aliphatic heterocycles. The van der Waals surface area contributed by atoms with Crippen LogP contribution < -0.4 is 0 Å². The van der Waals surface area contributed by atoms with Crippen LogP contribution in [0, 0.1) is 10.1 Å². The second kappa shape index (κ2) is 5.54. The Balaban J connectivity index is 2.07. The molecular weight excluding hydrogens is 334 g/mol. The summed E-state index contributed by atoms with van der Waals surface area (Å²) in [7, 11) is 1.65. The summed E-state index contributed by atoms with van der Waals surface area (Å²) >= 11 is 4.90. The second-order valence-corrected chi connectivity index (χ2v) is 6.24. The molecule has 100 valence electrons. The quantitative estimate of drug-likeness (QED) is 0.684. The van der Waals surface area contributed by atoms with Crippen molar-refractivity contribution in [2.75, 3.05) is 7.05 Å². The maximum absolute atomic E-state index is 12.1. The molecule has 2 rings (SSSR count). The number of hydrogen-bond acceptors (Lipinski definition) is 4. The van der Waals surface area contributed by atoms with Crippen LogP contribution >= 0.6 is 27.3 Å². The number of thiophene rings is 1. The summed E-state index contributed by atoms with van der Waals surface area (Å²) in [5.74, 6) is -0.282. The second-order valence-electron chi connectivity index (χ2n) is 3.95. The molecule has 2 heterocycles. The topological polar surface area (TPSA) is 79.2 Å². The van der Waals surface area contributed by atoms with Crippen LogP contribution in [0.2, 0.25) is 0 Å². The molecule has 0 atom stereocenters. The van der Waals surface area contributed by atoms with Crippen molar-refractivity contribution in [3.05, 3.63) is 48.9 Å². The van der Waals surface area contributed by atoms with Crippen molar-refractivity contribution in [3.8, 4) is 0 Å². The predicted octanol–water partition coefficient (Wildman–Crippen LogP) is 3.02. The molecule has 0 unspecified atom stereocenters. The summed E-state index contributed by atoms with van der Waals surface area (Å²) < 4.78 is 0.999. The molecule has 0 saturated carbocycles. The number of carbonyl (C=O) groups excluding carboxylic acids is 1. The number of amides is 1. The molecular formula is C11H10BrN3O3S. The number of H-pyrrole nitrogens is 1. The number of nitrogens with one attached hydrogen (secondary N) is 1. The highest BCUT2D eigenvalue weighted by molar-refractivity contribution is 9.11. The fourth-order valence-electron chi connectivity index (χ4n) is 1.59. The predicted molar refractivity (Wildman–Crippen MR) is 75.3 cm³/mol. The molecule has 2 aromatic rings. The largest absolute Gasteiger partial charge is 0.351 e. The van der Waals surface area contributed by atoms with Crippen LogP contribution in [0.25, 0.3) is 0 Å². The van der Waals surface area contributed by atoms with E-state index in [1.165, 1.54) is 17.2 Å². The van der Waals surface area contributed by atoms with Crippen molar-refractivity contribution in [1.29, 1.82) is 0 Å². The molecule has 6 nitrogen and oxygen atoms in total. The number of nitrogens with zero attached hydrogens (tertiary/aromatic N) is 2. The van der Waals surface area contributed by atoms with Gasteiger partial charge in [0.2, 0.25) is 0 Å². The molecule has 0 bridgehead atoms. The molecule has 1 N–H and O–H groups in total. The van der Waals surface area contributed by atoms with E-state index in [9.17, 15) is 14.9 Å². The van der Waals surface area contributed by atoms with Gasteiger partial charge in [-0.3, -0.25) is 14.9 Å². The first-order valence-corrected chi connectivity index (χ1v) is 6.96. The lowest BCUT2D eigenvalue weighted by molar-refractivity contribution is -0.384. The Morgan fingerprint density at radius 2 is 2.32 bits per heavy atom. The van der Waals surface area contributed by atoms with Gasteiger partial charge in [0, 0.05) is 19.7 Å². The normalized spacial score (nSPS) is 10.4. The highest BCUT2D eigenvalue weighted by atomic mass is 79.9. The third-order valence-corrected chi connectivity index (χ3v) is 4.05. The summed E-state index contributed by atoms with van der Waals surface area (Å²) in [5.41, 5.74) is 1.10. The molecule has 0 saturated heterocycles. The summed E-state index contributed by atoms with van der Waals surface area (Å²) in [6, 6.07) is 3.17. The first kappa shape index (κ1) is 13.8. The van der Waals surface area contributed by atoms with Gasteiger partial charge in [-0.05, 0) is 32.9 Å². The minimum Gasteiger partial charge on any atom is -0.351 e. The van der Waals surface area contributed by atoms with Gasteiger partial charge >= 0.3 is 0 Å². The summed E-state index contributed by atoms with van der Waals surface area (Å²) in [5, 5.41) is 12.5. The standard InChI is InChI=1S/C11H10BrN3O3S/c1-14(5-7-2-10(12)19-6-7)11(16)9-3-8(4-13-9)15(17)18/h2-4,6,13H,5H2,1H3. The summed E-state index contributed by atoms with van der Waals surface area (Å²) in [4.78, 5) is 26.2. The van der Waals surface area contributed by atoms with Crippen molar-refractivity contribution in [3.63, 3.8) is 0 Å². The molecule has 2 aromatic heterocycles. The summed E-state index contributed by atoms with van der Waals surface area (Å²) in [6.45, 7) is 0.452. The zero-order chi connectivity index (χ0) is 14.0. The maximum Gasteiger partial charge on any atom is 0.287 e. The number of nitro groups is 1. The number of aromatic nitrogens is 1. The Morgan fingerprint density at radius 3 is 2.84 bits per heavy atom. The Hall–Kier alpha value is -1.67. The van der Waals surface area contributed by atoms with Gasteiger partial charge < -0.3 is 9.88 Å². The molecule has 0 spiro atoms. The monoisotopic (exact) mass is 343 g/mol. The van der Waals surface area contributed by atoms with E-state index >= 15 is 0 Å². The third-order valence-electron chi connectivity index (χ3n) is 2.50. The smallest absolute Gasteiger partial charge is 0.287 e. The van der Waals surface area contributed by atoms with Crippen LogP contribution in [-0.4, -0.2) is 27.8 Å². The maximum atomic E-state index is 12.1. The zero-order valence-corrected chi connectivity index (χ0v) is 12.3. The van der Waals surface area contributed by atoms with E-state index in [2.05, 4.69) is 20.9 Å². The molecule has 0 aliphatic rings. The Labute approximate surface area is 121 Å². The van der Waals surface area contributed by atoms with Crippen molar-refractivity contribution in [2.45, 2.75) is 6.54 Å². The van der Waals surface area contributed by atoms with E-state index in [0.29, 0.717) is 6.54 Å². The van der Waals surface area contributed by atoms with E-state index in [-0.39, 0.29) is 17.3 Å². The SMILES string of the molecule is CN(Cc1csc(Br)c1)C(=O)c1cc([N+](=O)[O-])c[nH]1. The highest BCUT2D eigenvalue weighted by Gasteiger charge is 2.18. The minimum atomic E-state index is -0.538. The van der Waals surface area contributed by atoms with Crippen molar-refractivity contribution in [2.24, 2.45) is 0 Å². The molecule has 0 fully saturated rings. The Bertz CT molecular complexity index is 622. The zero-order valence-electron chi connectivity index (χ0n) is 9.92. The molecule has 0 aliphatic carbocycles. The number of halogens is 1. The highest BCUT2D eigenvalue weighted by Crippen LogP contribution is 2.22. The van der Waals surface area contributed by atoms with Crippen molar-refractivity contribution >= 4 is 38.9 Å². The van der Waals surface area contributed by atoms with Gasteiger partial charge in [-0.15, -0.1) is 11.3 Å². The van der Waals surface area contributed by atoms with Crippen LogP contribution in [0.4, 0.5) is 5.69 Å². The molecule has 0 radical (unpaired) electrons. The fraction of sp³-hybridized carbons (Fsp3) is 0.182. The van der Waals surface area contributed by atoms with Gasteiger partial charge in [-0.1, -0.05) is 0 Å². The van der Waals surface area contributed by atoms with Crippen LogP contribution in [0.3, 0.4) is 0 Å². The third kappa shape index (κ3) is 3.21. The molecule has 0 aromatic carbocycles. The number of hydrogen-bond donors (Lipinski definition) is 1. The van der Waals surface area contributed by atoms with Gasteiger partial charge in [0.15, 0.2) is 0 Å². The Kier molecular flexibility index (Phi) is 4.01. The molecule has 8 heteroatoms. The van der Waals surface area contributed by atoms with Crippen LogP contribution in [0.1, 0.15) is 16.1 Å². The molecule has 19 heavy (non-hydrogen) atoms. The van der Waals surface area contributed by atoms with Gasteiger partial charge in [0.25, 0.3) is 11.6 Å². The van der Waals surface area contributed by atoms with Gasteiger partial charge in [0.1, 0.15) is 5.69 Å². The lowest BCUT2D eigenvalue weighted by Gasteiger charge is -2.15. The van der Waals surface area contributed by atoms with E-state index in [1.807, 2.05) is 11.4 Å². The van der Waals surface area contributed by atoms with Crippen molar-refractivity contribution in [1.82, 2.24) is 9.88 Å². The van der Waals surface area contributed by atoms with Crippen LogP contribution in [0.5, 0.6) is 0 Å². The van der Waals surface area contributed by atoms with Crippen LogP contribution in [-0.2, 0) is 6.54 Å². The summed E-state index contributed by atoms with van der Waals surface area (Å²) in [6.07, 6.45) is 1.21. The lowest BCUT2D eigenvalue weighted by atomic mass is 10.3. The first-order valence-electron chi connectivity index (χ1n) is 5.28. The average molecular weight is 344 g/mol. The van der Waals surface area contributed by atoms with E-state index in [4.69, 9.17) is 0 Å². The lowest BCUT2D eigenvalue weighted by Crippen LogP contribution is -2.26. The van der Waals surface area contributed by atoms with Gasteiger partial charge in [0.05, 0.1) is 14.9 Å². The minimum absolute atomic E-state index is 0.116. The van der Waals surface area contributed by atoms with Gasteiger partial charge in [-0.2, -0.15) is 0 Å². The van der Waals surface area contributed by atoms with E-state index in [1.54, 1.807) is 18.4 Å². The average Bonchev–Trinajstić information content (AvgIpc) is 2.97. The first-order chi connectivity index (χ1) is 8.97.